The first-order valence-corrected chi connectivity index (χ1v) is 9.48. The van der Waals surface area contributed by atoms with Gasteiger partial charge in [-0.3, -0.25) is 4.79 Å². The third kappa shape index (κ3) is 4.52. The molecule has 2 aromatic heterocycles. The summed E-state index contributed by atoms with van der Waals surface area (Å²) in [6.07, 6.45) is 0.899. The molecule has 3 rings (SSSR count). The highest BCUT2D eigenvalue weighted by molar-refractivity contribution is 7.09. The van der Waals surface area contributed by atoms with Gasteiger partial charge in [0, 0.05) is 28.4 Å². The van der Waals surface area contributed by atoms with Gasteiger partial charge in [-0.05, 0) is 56.0 Å². The van der Waals surface area contributed by atoms with Gasteiger partial charge in [-0.25, -0.2) is 9.18 Å². The van der Waals surface area contributed by atoms with E-state index in [1.54, 1.807) is 11.3 Å². The topological polar surface area (TPSA) is 48.3 Å². The number of ether oxygens (including phenoxy) is 1. The number of ketones is 1. The van der Waals surface area contributed by atoms with Gasteiger partial charge in [-0.2, -0.15) is 0 Å². The number of nitrogens with zero attached hydrogens (tertiary/aromatic N) is 1. The number of halogens is 1. The van der Waals surface area contributed by atoms with Crippen LogP contribution >= 0.6 is 11.3 Å². The number of hydrogen-bond donors (Lipinski definition) is 0. The van der Waals surface area contributed by atoms with E-state index in [0.29, 0.717) is 5.56 Å². The minimum atomic E-state index is -0.714. The van der Waals surface area contributed by atoms with Gasteiger partial charge in [0.15, 0.2) is 6.61 Å². The van der Waals surface area contributed by atoms with Crippen molar-refractivity contribution in [2.75, 3.05) is 6.61 Å². The van der Waals surface area contributed by atoms with Crippen LogP contribution in [0.3, 0.4) is 0 Å². The summed E-state index contributed by atoms with van der Waals surface area (Å²) in [6.45, 7) is 4.26. The Morgan fingerprint density at radius 2 is 1.96 bits per heavy atom. The highest BCUT2D eigenvalue weighted by atomic mass is 32.1. The lowest BCUT2D eigenvalue weighted by Crippen LogP contribution is -2.15. The van der Waals surface area contributed by atoms with E-state index in [1.807, 2.05) is 31.4 Å². The summed E-state index contributed by atoms with van der Waals surface area (Å²) in [6, 6.07) is 11.1. The summed E-state index contributed by atoms with van der Waals surface area (Å²) in [4.78, 5) is 25.8. The molecule has 0 atom stereocenters. The van der Waals surface area contributed by atoms with Crippen molar-refractivity contribution in [2.45, 2.75) is 26.8 Å². The highest BCUT2D eigenvalue weighted by Gasteiger charge is 2.18. The standard InChI is InChI=1S/C21H20FNO3S/c1-14-11-19(15(2)23(14)9-8-18-7-4-10-27-18)20(24)13-26-21(25)16-5-3-6-17(22)12-16/h3-7,10-12H,8-9,13H2,1-2H3. The molecular weight excluding hydrogens is 365 g/mol. The number of carbonyl (C=O) groups is 2. The molecule has 0 N–H and O–H groups in total. The van der Waals surface area contributed by atoms with Gasteiger partial charge in [-0.15, -0.1) is 11.3 Å². The fraction of sp³-hybridized carbons (Fsp3) is 0.238. The van der Waals surface area contributed by atoms with Crippen LogP contribution < -0.4 is 0 Å². The van der Waals surface area contributed by atoms with E-state index in [0.717, 1.165) is 30.4 Å². The van der Waals surface area contributed by atoms with Crippen LogP contribution in [0.15, 0.2) is 47.8 Å². The number of benzene rings is 1. The van der Waals surface area contributed by atoms with Crippen molar-refractivity contribution in [3.8, 4) is 0 Å². The van der Waals surface area contributed by atoms with Gasteiger partial charge in [0.25, 0.3) is 0 Å². The van der Waals surface area contributed by atoms with Crippen LogP contribution in [0.1, 0.15) is 37.0 Å². The number of Topliss-reactive ketones (excluding diaryl/α,β-unsaturated/α-hetero) is 1. The maximum absolute atomic E-state index is 13.2. The summed E-state index contributed by atoms with van der Waals surface area (Å²) in [5, 5.41) is 2.05. The molecule has 0 fully saturated rings. The molecule has 2 heterocycles. The number of aryl methyl sites for hydroxylation is 2. The molecule has 0 aliphatic carbocycles. The molecule has 0 unspecified atom stereocenters. The van der Waals surface area contributed by atoms with E-state index < -0.39 is 11.8 Å². The van der Waals surface area contributed by atoms with E-state index in [4.69, 9.17) is 4.74 Å². The molecule has 0 aliphatic rings. The Bertz CT molecular complexity index is 960. The van der Waals surface area contributed by atoms with Crippen molar-refractivity contribution in [1.29, 1.82) is 0 Å². The van der Waals surface area contributed by atoms with Gasteiger partial charge < -0.3 is 9.30 Å². The Labute approximate surface area is 161 Å². The Balaban J connectivity index is 1.64. The van der Waals surface area contributed by atoms with Crippen LogP contribution in [0.5, 0.6) is 0 Å². The molecule has 4 nitrogen and oxygen atoms in total. The average molecular weight is 385 g/mol. The quantitative estimate of drug-likeness (QED) is 0.442. The fourth-order valence-corrected chi connectivity index (χ4v) is 3.71. The molecule has 3 aromatic rings. The van der Waals surface area contributed by atoms with Crippen LogP contribution in [0.2, 0.25) is 0 Å². The largest absolute Gasteiger partial charge is 0.454 e. The van der Waals surface area contributed by atoms with Crippen molar-refractivity contribution >= 4 is 23.1 Å². The predicted molar refractivity (Wildman–Crippen MR) is 103 cm³/mol. The van der Waals surface area contributed by atoms with E-state index in [1.165, 1.54) is 23.1 Å². The number of aromatic nitrogens is 1. The first kappa shape index (κ1) is 19.0. The first-order chi connectivity index (χ1) is 13.0. The van der Waals surface area contributed by atoms with Gasteiger partial charge in [-0.1, -0.05) is 12.1 Å². The maximum atomic E-state index is 13.2. The molecule has 27 heavy (non-hydrogen) atoms. The van der Waals surface area contributed by atoms with Gasteiger partial charge in [0.1, 0.15) is 5.82 Å². The third-order valence-corrected chi connectivity index (χ3v) is 5.37. The van der Waals surface area contributed by atoms with Crippen molar-refractivity contribution in [3.05, 3.63) is 81.1 Å². The zero-order chi connectivity index (χ0) is 19.4. The molecule has 0 amide bonds. The van der Waals surface area contributed by atoms with E-state index >= 15 is 0 Å². The SMILES string of the molecule is Cc1cc(C(=O)COC(=O)c2cccc(F)c2)c(C)n1CCc1cccs1. The summed E-state index contributed by atoms with van der Waals surface area (Å²) < 4.78 is 20.3. The predicted octanol–water partition coefficient (Wildman–Crippen LogP) is 4.59. The van der Waals surface area contributed by atoms with E-state index in [2.05, 4.69) is 10.6 Å². The zero-order valence-corrected chi connectivity index (χ0v) is 16.0. The molecule has 0 saturated heterocycles. The second kappa shape index (κ2) is 8.31. The number of thiophene rings is 1. The molecule has 0 saturated carbocycles. The smallest absolute Gasteiger partial charge is 0.338 e. The van der Waals surface area contributed by atoms with Gasteiger partial charge in [0.2, 0.25) is 5.78 Å². The van der Waals surface area contributed by atoms with Crippen molar-refractivity contribution in [3.63, 3.8) is 0 Å². The number of rotatable bonds is 7. The second-order valence-corrected chi connectivity index (χ2v) is 7.31. The van der Waals surface area contributed by atoms with Crippen LogP contribution in [0.25, 0.3) is 0 Å². The molecule has 1 aromatic carbocycles. The summed E-state index contributed by atoms with van der Waals surface area (Å²) >= 11 is 1.71. The van der Waals surface area contributed by atoms with Crippen molar-refractivity contribution in [2.24, 2.45) is 0 Å². The fourth-order valence-electron chi connectivity index (χ4n) is 3.01. The summed E-state index contributed by atoms with van der Waals surface area (Å²) in [5.41, 5.74) is 2.48. The summed E-state index contributed by atoms with van der Waals surface area (Å²) in [5.74, 6) is -1.50. The summed E-state index contributed by atoms with van der Waals surface area (Å²) in [7, 11) is 0. The molecule has 0 radical (unpaired) electrons. The van der Waals surface area contributed by atoms with Crippen LogP contribution in [0.4, 0.5) is 4.39 Å². The lowest BCUT2D eigenvalue weighted by atomic mass is 10.1. The highest BCUT2D eigenvalue weighted by Crippen LogP contribution is 2.18. The normalized spacial score (nSPS) is 10.8. The first-order valence-electron chi connectivity index (χ1n) is 8.60. The number of esters is 1. The molecule has 140 valence electrons. The average Bonchev–Trinajstić information content (AvgIpc) is 3.26. The van der Waals surface area contributed by atoms with Crippen molar-refractivity contribution < 1.29 is 18.7 Å². The van der Waals surface area contributed by atoms with Gasteiger partial charge in [0.05, 0.1) is 5.56 Å². The molecular formula is C21H20FNO3S. The number of hydrogen-bond acceptors (Lipinski definition) is 4. The Hall–Kier alpha value is -2.73. The monoisotopic (exact) mass is 385 g/mol. The Morgan fingerprint density at radius 1 is 1.15 bits per heavy atom. The van der Waals surface area contributed by atoms with Gasteiger partial charge >= 0.3 is 5.97 Å². The minimum absolute atomic E-state index is 0.0872. The Morgan fingerprint density at radius 3 is 2.67 bits per heavy atom. The minimum Gasteiger partial charge on any atom is -0.454 e. The molecule has 0 spiro atoms. The van der Waals surface area contributed by atoms with E-state index in [-0.39, 0.29) is 18.0 Å². The van der Waals surface area contributed by atoms with E-state index in [9.17, 15) is 14.0 Å². The van der Waals surface area contributed by atoms with Crippen LogP contribution in [-0.2, 0) is 17.7 Å². The second-order valence-electron chi connectivity index (χ2n) is 6.28. The van der Waals surface area contributed by atoms with Crippen LogP contribution in [0, 0.1) is 19.7 Å². The third-order valence-electron chi connectivity index (χ3n) is 4.43. The van der Waals surface area contributed by atoms with Crippen LogP contribution in [-0.4, -0.2) is 22.9 Å². The lowest BCUT2D eigenvalue weighted by molar-refractivity contribution is 0.0474. The van der Waals surface area contributed by atoms with Crippen molar-refractivity contribution in [1.82, 2.24) is 4.57 Å². The Kier molecular flexibility index (Phi) is 5.86. The number of carbonyl (C=O) groups excluding carboxylic acids is 2. The molecule has 6 heteroatoms. The molecule has 0 aliphatic heterocycles. The maximum Gasteiger partial charge on any atom is 0.338 e. The lowest BCUT2D eigenvalue weighted by Gasteiger charge is -2.09. The zero-order valence-electron chi connectivity index (χ0n) is 15.2. The molecule has 0 bridgehead atoms.